The molecule has 0 saturated heterocycles. The SMILES string of the molecule is CC(C)(Oc1ccc(Cl)cc1)C(=O)Nc1cccc(-c2nc3ncccc3o2)c1. The number of carbonyl (C=O) groups is 1. The number of anilines is 1. The molecule has 7 heteroatoms. The predicted octanol–water partition coefficient (Wildman–Crippen LogP) is 5.34. The second kappa shape index (κ2) is 7.56. The van der Waals surface area contributed by atoms with Crippen molar-refractivity contribution in [3.05, 3.63) is 71.9 Å². The lowest BCUT2D eigenvalue weighted by Crippen LogP contribution is -2.42. The summed E-state index contributed by atoms with van der Waals surface area (Å²) in [4.78, 5) is 21.3. The molecule has 1 N–H and O–H groups in total. The number of nitrogens with one attached hydrogen (secondary N) is 1. The Morgan fingerprint density at radius 3 is 2.66 bits per heavy atom. The van der Waals surface area contributed by atoms with E-state index < -0.39 is 5.60 Å². The van der Waals surface area contributed by atoms with E-state index in [4.69, 9.17) is 20.8 Å². The van der Waals surface area contributed by atoms with Crippen LogP contribution in [0.2, 0.25) is 5.02 Å². The molecular weight excluding hydrogens is 390 g/mol. The Labute approximate surface area is 172 Å². The van der Waals surface area contributed by atoms with Crippen molar-refractivity contribution in [1.29, 1.82) is 0 Å². The number of nitrogens with zero attached hydrogens (tertiary/aromatic N) is 2. The van der Waals surface area contributed by atoms with E-state index in [0.717, 1.165) is 5.56 Å². The molecule has 6 nitrogen and oxygen atoms in total. The molecule has 4 aromatic rings. The van der Waals surface area contributed by atoms with Gasteiger partial charge in [0.25, 0.3) is 5.91 Å². The van der Waals surface area contributed by atoms with Crippen LogP contribution < -0.4 is 10.1 Å². The Morgan fingerprint density at radius 2 is 1.90 bits per heavy atom. The second-order valence-corrected chi connectivity index (χ2v) is 7.38. The van der Waals surface area contributed by atoms with Crippen LogP contribution in [0.3, 0.4) is 0 Å². The Hall–Kier alpha value is -3.38. The van der Waals surface area contributed by atoms with Crippen LogP contribution >= 0.6 is 11.6 Å². The number of ether oxygens (including phenoxy) is 1. The minimum Gasteiger partial charge on any atom is -0.478 e. The third kappa shape index (κ3) is 4.22. The Balaban J connectivity index is 1.52. The van der Waals surface area contributed by atoms with Crippen LogP contribution in [-0.4, -0.2) is 21.5 Å². The first-order valence-corrected chi connectivity index (χ1v) is 9.36. The van der Waals surface area contributed by atoms with Gasteiger partial charge in [-0.15, -0.1) is 0 Å². The zero-order chi connectivity index (χ0) is 20.4. The van der Waals surface area contributed by atoms with E-state index in [2.05, 4.69) is 15.3 Å². The van der Waals surface area contributed by atoms with E-state index in [-0.39, 0.29) is 5.91 Å². The Morgan fingerprint density at radius 1 is 1.10 bits per heavy atom. The minimum absolute atomic E-state index is 0.288. The lowest BCUT2D eigenvalue weighted by atomic mass is 10.1. The number of carbonyl (C=O) groups excluding carboxylic acids is 1. The van der Waals surface area contributed by atoms with E-state index in [1.54, 1.807) is 68.6 Å². The summed E-state index contributed by atoms with van der Waals surface area (Å²) in [5.74, 6) is 0.706. The maximum atomic E-state index is 12.8. The largest absolute Gasteiger partial charge is 0.478 e. The molecule has 0 aliphatic carbocycles. The lowest BCUT2D eigenvalue weighted by Gasteiger charge is -2.25. The monoisotopic (exact) mass is 407 g/mol. The molecule has 4 rings (SSSR count). The highest BCUT2D eigenvalue weighted by Gasteiger charge is 2.30. The number of oxazole rings is 1. The van der Waals surface area contributed by atoms with Crippen molar-refractivity contribution in [2.45, 2.75) is 19.4 Å². The van der Waals surface area contributed by atoms with Gasteiger partial charge in [-0.1, -0.05) is 17.7 Å². The average molecular weight is 408 g/mol. The van der Waals surface area contributed by atoms with E-state index in [0.29, 0.717) is 33.6 Å². The molecule has 0 bridgehead atoms. The molecule has 2 aromatic heterocycles. The second-order valence-electron chi connectivity index (χ2n) is 6.95. The van der Waals surface area contributed by atoms with E-state index in [9.17, 15) is 4.79 Å². The minimum atomic E-state index is -1.09. The molecule has 1 amide bonds. The smallest absolute Gasteiger partial charge is 0.267 e. The van der Waals surface area contributed by atoms with Gasteiger partial charge < -0.3 is 14.5 Å². The van der Waals surface area contributed by atoms with Gasteiger partial charge in [-0.2, -0.15) is 4.98 Å². The van der Waals surface area contributed by atoms with Gasteiger partial charge in [-0.3, -0.25) is 4.79 Å². The molecule has 0 unspecified atom stereocenters. The lowest BCUT2D eigenvalue weighted by molar-refractivity contribution is -0.128. The quantitative estimate of drug-likeness (QED) is 0.483. The van der Waals surface area contributed by atoms with Gasteiger partial charge in [0.1, 0.15) is 5.75 Å². The van der Waals surface area contributed by atoms with Crippen LogP contribution in [0.25, 0.3) is 22.7 Å². The van der Waals surface area contributed by atoms with Crippen molar-refractivity contribution < 1.29 is 13.9 Å². The average Bonchev–Trinajstić information content (AvgIpc) is 3.14. The van der Waals surface area contributed by atoms with E-state index in [1.807, 2.05) is 12.1 Å². The molecular formula is C22H18ClN3O3. The summed E-state index contributed by atoms with van der Waals surface area (Å²) < 4.78 is 11.6. The summed E-state index contributed by atoms with van der Waals surface area (Å²) in [6.07, 6.45) is 1.66. The summed E-state index contributed by atoms with van der Waals surface area (Å²) in [7, 11) is 0. The van der Waals surface area contributed by atoms with Gasteiger partial charge in [-0.25, -0.2) is 4.98 Å². The third-order valence-corrected chi connectivity index (χ3v) is 4.52. The van der Waals surface area contributed by atoms with Crippen molar-refractivity contribution in [2.75, 3.05) is 5.32 Å². The first-order valence-electron chi connectivity index (χ1n) is 8.99. The van der Waals surface area contributed by atoms with Crippen molar-refractivity contribution >= 4 is 34.4 Å². The number of benzene rings is 2. The highest BCUT2D eigenvalue weighted by atomic mass is 35.5. The maximum Gasteiger partial charge on any atom is 0.267 e. The van der Waals surface area contributed by atoms with Crippen LogP contribution in [-0.2, 0) is 4.79 Å². The number of aromatic nitrogens is 2. The van der Waals surface area contributed by atoms with Crippen molar-refractivity contribution in [1.82, 2.24) is 9.97 Å². The standard InChI is InChI=1S/C22H18ClN3O3/c1-22(2,29-17-10-8-15(23)9-11-17)21(27)25-16-6-3-5-14(13-16)20-26-19-18(28-20)7-4-12-24-19/h3-13H,1-2H3,(H,25,27). The molecule has 0 fully saturated rings. The van der Waals surface area contributed by atoms with E-state index >= 15 is 0 Å². The highest BCUT2D eigenvalue weighted by Crippen LogP contribution is 2.26. The fourth-order valence-electron chi connectivity index (χ4n) is 2.75. The highest BCUT2D eigenvalue weighted by molar-refractivity contribution is 6.30. The molecule has 146 valence electrons. The van der Waals surface area contributed by atoms with Gasteiger partial charge in [0.15, 0.2) is 16.8 Å². The summed E-state index contributed by atoms with van der Waals surface area (Å²) in [6.45, 7) is 3.40. The zero-order valence-corrected chi connectivity index (χ0v) is 16.6. The van der Waals surface area contributed by atoms with Crippen LogP contribution in [0, 0.1) is 0 Å². The number of halogens is 1. The van der Waals surface area contributed by atoms with Gasteiger partial charge >= 0.3 is 0 Å². The van der Waals surface area contributed by atoms with Gasteiger partial charge in [-0.05, 0) is 68.4 Å². The van der Waals surface area contributed by atoms with Crippen molar-refractivity contribution in [3.8, 4) is 17.2 Å². The van der Waals surface area contributed by atoms with Gasteiger partial charge in [0, 0.05) is 22.5 Å². The zero-order valence-electron chi connectivity index (χ0n) is 15.8. The molecule has 0 atom stereocenters. The normalized spacial score (nSPS) is 11.4. The van der Waals surface area contributed by atoms with Gasteiger partial charge in [0.05, 0.1) is 0 Å². The summed E-state index contributed by atoms with van der Waals surface area (Å²) in [6, 6.07) is 17.7. The van der Waals surface area contributed by atoms with Crippen molar-refractivity contribution in [3.63, 3.8) is 0 Å². The van der Waals surface area contributed by atoms with Crippen LogP contribution in [0.15, 0.2) is 71.3 Å². The predicted molar refractivity (Wildman–Crippen MR) is 112 cm³/mol. The molecule has 2 aromatic carbocycles. The molecule has 0 spiro atoms. The number of hydrogen-bond acceptors (Lipinski definition) is 5. The first kappa shape index (κ1) is 19.0. The number of pyridine rings is 1. The molecule has 0 aliphatic rings. The number of hydrogen-bond donors (Lipinski definition) is 1. The van der Waals surface area contributed by atoms with Crippen LogP contribution in [0.4, 0.5) is 5.69 Å². The van der Waals surface area contributed by atoms with Crippen LogP contribution in [0.1, 0.15) is 13.8 Å². The Bertz CT molecular complexity index is 1140. The van der Waals surface area contributed by atoms with Crippen molar-refractivity contribution in [2.24, 2.45) is 0 Å². The molecule has 0 radical (unpaired) electrons. The topological polar surface area (TPSA) is 77.2 Å². The summed E-state index contributed by atoms with van der Waals surface area (Å²) in [5.41, 5.74) is 1.39. The first-order chi connectivity index (χ1) is 13.9. The fourth-order valence-corrected chi connectivity index (χ4v) is 2.87. The fraction of sp³-hybridized carbons (Fsp3) is 0.136. The molecule has 2 heterocycles. The molecule has 0 saturated carbocycles. The number of fused-ring (bicyclic) bond motifs is 1. The Kier molecular flexibility index (Phi) is 4.94. The number of rotatable bonds is 5. The number of amides is 1. The molecule has 0 aliphatic heterocycles. The van der Waals surface area contributed by atoms with E-state index in [1.165, 1.54) is 0 Å². The van der Waals surface area contributed by atoms with Gasteiger partial charge in [0.2, 0.25) is 5.89 Å². The summed E-state index contributed by atoms with van der Waals surface area (Å²) in [5, 5.41) is 3.49. The maximum absolute atomic E-state index is 12.8. The summed E-state index contributed by atoms with van der Waals surface area (Å²) >= 11 is 5.89. The van der Waals surface area contributed by atoms with Crippen LogP contribution in [0.5, 0.6) is 5.75 Å². The molecule has 29 heavy (non-hydrogen) atoms. The third-order valence-electron chi connectivity index (χ3n) is 4.27.